The summed E-state index contributed by atoms with van der Waals surface area (Å²) in [5.41, 5.74) is 0. The minimum atomic E-state index is -0.431. The van der Waals surface area contributed by atoms with Gasteiger partial charge in [0.2, 0.25) is 5.24 Å². The lowest BCUT2D eigenvalue weighted by atomic mass is 10.2. The number of esters is 1. The van der Waals surface area contributed by atoms with Crippen molar-refractivity contribution in [2.24, 2.45) is 0 Å². The Morgan fingerprint density at radius 3 is 2.58 bits per heavy atom. The fourth-order valence-electron chi connectivity index (χ4n) is 0.641. The molecule has 0 rings (SSSR count). The highest BCUT2D eigenvalue weighted by atomic mass is 79.9. The Balaban J connectivity index is 3.43. The van der Waals surface area contributed by atoms with E-state index < -0.39 is 5.24 Å². The first-order valence-corrected chi connectivity index (χ1v) is 4.77. The second kappa shape index (κ2) is 6.43. The minimum Gasteiger partial charge on any atom is -0.469 e. The lowest BCUT2D eigenvalue weighted by Gasteiger charge is -2.02. The summed E-state index contributed by atoms with van der Waals surface area (Å²) in [7, 11) is 1.33. The number of halogens is 2. The molecule has 70 valence electrons. The summed E-state index contributed by atoms with van der Waals surface area (Å²) < 4.78 is 4.42. The highest BCUT2D eigenvalue weighted by molar-refractivity contribution is 9.10. The Bertz CT molecular complexity index is 172. The third-order valence-corrected chi connectivity index (χ3v) is 2.71. The molecule has 0 aliphatic heterocycles. The number of ether oxygens (including phenoxy) is 1. The summed E-state index contributed by atoms with van der Waals surface area (Å²) in [5, 5.41) is -0.431. The maximum atomic E-state index is 10.6. The molecule has 0 heterocycles. The van der Waals surface area contributed by atoms with Gasteiger partial charge >= 0.3 is 5.97 Å². The molecule has 0 aromatic heterocycles. The summed E-state index contributed by atoms with van der Waals surface area (Å²) in [6, 6.07) is 0. The van der Waals surface area contributed by atoms with Crippen LogP contribution in [0.3, 0.4) is 0 Å². The molecule has 5 heteroatoms. The highest BCUT2D eigenvalue weighted by Gasteiger charge is 2.12. The standard InChI is InChI=1S/C7H10BrClO3/c1-12-6(10)4-2-3-5(8)7(9)11/h5H,2-4H2,1H3. The summed E-state index contributed by atoms with van der Waals surface area (Å²) in [4.78, 5) is 20.7. The maximum Gasteiger partial charge on any atom is 0.305 e. The quantitative estimate of drug-likeness (QED) is 0.429. The van der Waals surface area contributed by atoms with Crippen molar-refractivity contribution in [2.45, 2.75) is 24.1 Å². The van der Waals surface area contributed by atoms with E-state index in [9.17, 15) is 9.59 Å². The molecule has 0 saturated heterocycles. The number of rotatable bonds is 5. The lowest BCUT2D eigenvalue weighted by molar-refractivity contribution is -0.140. The molecule has 1 unspecified atom stereocenters. The van der Waals surface area contributed by atoms with Crippen LogP contribution in [0.1, 0.15) is 19.3 Å². The zero-order valence-electron chi connectivity index (χ0n) is 6.68. The van der Waals surface area contributed by atoms with E-state index in [0.29, 0.717) is 19.3 Å². The predicted molar refractivity (Wildman–Crippen MR) is 49.4 cm³/mol. The van der Waals surface area contributed by atoms with Crippen molar-refractivity contribution >= 4 is 38.7 Å². The van der Waals surface area contributed by atoms with Crippen LogP contribution < -0.4 is 0 Å². The summed E-state index contributed by atoms with van der Waals surface area (Å²) in [6.07, 6.45) is 1.47. The van der Waals surface area contributed by atoms with Crippen molar-refractivity contribution in [1.29, 1.82) is 0 Å². The predicted octanol–water partition coefficient (Wildman–Crippen LogP) is 1.86. The molecule has 0 bridgehead atoms. The fraction of sp³-hybridized carbons (Fsp3) is 0.714. The van der Waals surface area contributed by atoms with Crippen molar-refractivity contribution in [2.75, 3.05) is 7.11 Å². The van der Waals surface area contributed by atoms with Crippen LogP contribution >= 0.6 is 27.5 Å². The van der Waals surface area contributed by atoms with E-state index in [1.165, 1.54) is 7.11 Å². The Kier molecular flexibility index (Phi) is 6.38. The van der Waals surface area contributed by atoms with Crippen molar-refractivity contribution in [3.63, 3.8) is 0 Å². The molecule has 0 aromatic rings. The number of hydrogen-bond acceptors (Lipinski definition) is 3. The highest BCUT2D eigenvalue weighted by Crippen LogP contribution is 2.12. The molecular weight excluding hydrogens is 247 g/mol. The molecule has 0 N–H and O–H groups in total. The zero-order valence-corrected chi connectivity index (χ0v) is 9.02. The van der Waals surface area contributed by atoms with E-state index in [-0.39, 0.29) is 10.8 Å². The van der Waals surface area contributed by atoms with Crippen molar-refractivity contribution < 1.29 is 14.3 Å². The smallest absolute Gasteiger partial charge is 0.305 e. The van der Waals surface area contributed by atoms with Gasteiger partial charge in [0, 0.05) is 6.42 Å². The second-order valence-electron chi connectivity index (χ2n) is 2.24. The van der Waals surface area contributed by atoms with Gasteiger partial charge in [-0.25, -0.2) is 0 Å². The molecule has 0 amide bonds. The number of hydrogen-bond donors (Lipinski definition) is 0. The van der Waals surface area contributed by atoms with Gasteiger partial charge in [-0.2, -0.15) is 0 Å². The molecule has 1 atom stereocenters. The van der Waals surface area contributed by atoms with Crippen LogP contribution in [0, 0.1) is 0 Å². The van der Waals surface area contributed by atoms with Crippen LogP contribution in [0.4, 0.5) is 0 Å². The molecular formula is C7H10BrClO3. The average molecular weight is 258 g/mol. The second-order valence-corrected chi connectivity index (χ2v) is 3.72. The van der Waals surface area contributed by atoms with Gasteiger partial charge in [-0.3, -0.25) is 9.59 Å². The number of carbonyl (C=O) groups excluding carboxylic acids is 2. The van der Waals surface area contributed by atoms with Crippen molar-refractivity contribution in [1.82, 2.24) is 0 Å². The van der Waals surface area contributed by atoms with Crippen LogP contribution in [0.2, 0.25) is 0 Å². The number of alkyl halides is 1. The zero-order chi connectivity index (χ0) is 9.56. The molecule has 0 radical (unpaired) electrons. The van der Waals surface area contributed by atoms with E-state index in [0.717, 1.165) is 0 Å². The molecule has 0 spiro atoms. The molecule has 0 fully saturated rings. The van der Waals surface area contributed by atoms with Gasteiger partial charge < -0.3 is 4.74 Å². The first kappa shape index (κ1) is 11.9. The minimum absolute atomic E-state index is 0.267. The molecule has 3 nitrogen and oxygen atoms in total. The Hall–Kier alpha value is -0.0900. The van der Waals surface area contributed by atoms with E-state index >= 15 is 0 Å². The van der Waals surface area contributed by atoms with Crippen LogP contribution in [0.25, 0.3) is 0 Å². The third-order valence-electron chi connectivity index (χ3n) is 1.31. The summed E-state index contributed by atoms with van der Waals surface area (Å²) >= 11 is 8.26. The molecule has 0 aliphatic carbocycles. The topological polar surface area (TPSA) is 43.4 Å². The number of carbonyl (C=O) groups is 2. The Morgan fingerprint density at radius 2 is 2.17 bits per heavy atom. The maximum absolute atomic E-state index is 10.6. The van der Waals surface area contributed by atoms with E-state index in [1.807, 2.05) is 0 Å². The fourth-order valence-corrected chi connectivity index (χ4v) is 1.07. The van der Waals surface area contributed by atoms with Gasteiger partial charge in [0.05, 0.1) is 11.9 Å². The average Bonchev–Trinajstić information content (AvgIpc) is 2.03. The first-order valence-electron chi connectivity index (χ1n) is 3.48. The van der Waals surface area contributed by atoms with Crippen molar-refractivity contribution in [3.8, 4) is 0 Å². The van der Waals surface area contributed by atoms with Crippen LogP contribution in [0.15, 0.2) is 0 Å². The SMILES string of the molecule is COC(=O)CCCC(Br)C(=O)Cl. The largest absolute Gasteiger partial charge is 0.469 e. The van der Waals surface area contributed by atoms with Crippen LogP contribution in [-0.2, 0) is 14.3 Å². The monoisotopic (exact) mass is 256 g/mol. The molecule has 0 aliphatic rings. The van der Waals surface area contributed by atoms with Crippen LogP contribution in [0.5, 0.6) is 0 Å². The molecule has 0 aromatic carbocycles. The third kappa shape index (κ3) is 5.55. The number of methoxy groups -OCH3 is 1. The normalized spacial score (nSPS) is 12.2. The van der Waals surface area contributed by atoms with E-state index in [2.05, 4.69) is 20.7 Å². The summed E-state index contributed by atoms with van der Waals surface area (Å²) in [5.74, 6) is -0.267. The van der Waals surface area contributed by atoms with Crippen molar-refractivity contribution in [3.05, 3.63) is 0 Å². The Morgan fingerprint density at radius 1 is 1.58 bits per heavy atom. The first-order chi connectivity index (χ1) is 5.57. The van der Waals surface area contributed by atoms with Gasteiger partial charge in [-0.1, -0.05) is 15.9 Å². The van der Waals surface area contributed by atoms with Gasteiger partial charge in [-0.15, -0.1) is 0 Å². The van der Waals surface area contributed by atoms with E-state index in [4.69, 9.17) is 11.6 Å². The van der Waals surface area contributed by atoms with E-state index in [1.54, 1.807) is 0 Å². The summed E-state index contributed by atoms with van der Waals surface area (Å²) in [6.45, 7) is 0. The van der Waals surface area contributed by atoms with Gasteiger partial charge in [-0.05, 0) is 24.4 Å². The van der Waals surface area contributed by atoms with Gasteiger partial charge in [0.1, 0.15) is 0 Å². The molecule has 0 saturated carbocycles. The molecule has 12 heavy (non-hydrogen) atoms. The Labute approximate surface area is 84.5 Å². The van der Waals surface area contributed by atoms with Crippen LogP contribution in [-0.4, -0.2) is 23.1 Å². The van der Waals surface area contributed by atoms with Gasteiger partial charge in [0.15, 0.2) is 0 Å². The van der Waals surface area contributed by atoms with Gasteiger partial charge in [0.25, 0.3) is 0 Å². The lowest BCUT2D eigenvalue weighted by Crippen LogP contribution is -2.08.